The minimum atomic E-state index is -0.582. The van der Waals surface area contributed by atoms with Gasteiger partial charge in [-0.1, -0.05) is 26.0 Å². The average Bonchev–Trinajstić information content (AvgIpc) is 2.34. The first-order valence-electron chi connectivity index (χ1n) is 6.56. The van der Waals surface area contributed by atoms with E-state index in [1.54, 1.807) is 6.07 Å². The molecule has 2 amide bonds. The Morgan fingerprint density at radius 3 is 2.38 bits per heavy atom. The van der Waals surface area contributed by atoms with E-state index in [0.29, 0.717) is 5.56 Å². The largest absolute Gasteiger partial charge is 0.393 e. The van der Waals surface area contributed by atoms with E-state index in [1.807, 2.05) is 13.8 Å². The molecule has 0 bridgehead atoms. The third kappa shape index (κ3) is 3.01. The maximum Gasteiger partial charge on any atom is 0.292 e. The Kier molecular flexibility index (Phi) is 3.67. The number of carbonyl (C=O) groups excluding carboxylic acids is 2. The SMILES string of the molecule is CC1(C)CC(=O)N(Cc2cccc([N+](=O)[O-])c2N)C(=O)C1. The zero-order valence-electron chi connectivity index (χ0n) is 12.0. The first-order valence-corrected chi connectivity index (χ1v) is 6.56. The normalized spacial score (nSPS) is 17.9. The number of likely N-dealkylation sites (tertiary alicyclic amines) is 1. The monoisotopic (exact) mass is 291 g/mol. The first kappa shape index (κ1) is 15.0. The van der Waals surface area contributed by atoms with Crippen LogP contribution in [0.1, 0.15) is 32.3 Å². The van der Waals surface area contributed by atoms with Crippen LogP contribution in [0.4, 0.5) is 11.4 Å². The number of nitrogens with two attached hydrogens (primary N) is 1. The van der Waals surface area contributed by atoms with E-state index in [-0.39, 0.29) is 48.0 Å². The van der Waals surface area contributed by atoms with Gasteiger partial charge in [-0.3, -0.25) is 24.6 Å². The summed E-state index contributed by atoms with van der Waals surface area (Å²) in [6, 6.07) is 4.37. The summed E-state index contributed by atoms with van der Waals surface area (Å²) in [7, 11) is 0. The highest BCUT2D eigenvalue weighted by molar-refractivity contribution is 5.98. The second-order valence-corrected chi connectivity index (χ2v) is 6.00. The summed E-state index contributed by atoms with van der Waals surface area (Å²) in [6.45, 7) is 3.70. The number of amides is 2. The number of nitrogen functional groups attached to an aromatic ring is 1. The van der Waals surface area contributed by atoms with E-state index in [4.69, 9.17) is 5.73 Å². The number of nitro groups is 1. The quantitative estimate of drug-likeness (QED) is 0.396. The van der Waals surface area contributed by atoms with Gasteiger partial charge in [-0.05, 0) is 5.41 Å². The molecule has 1 aliphatic rings. The Morgan fingerprint density at radius 1 is 1.29 bits per heavy atom. The molecule has 2 rings (SSSR count). The molecule has 1 aliphatic heterocycles. The van der Waals surface area contributed by atoms with Crippen molar-refractivity contribution in [2.45, 2.75) is 33.2 Å². The molecule has 1 heterocycles. The van der Waals surface area contributed by atoms with Crippen LogP contribution < -0.4 is 5.73 Å². The van der Waals surface area contributed by atoms with Gasteiger partial charge in [0, 0.05) is 24.5 Å². The molecule has 1 fully saturated rings. The van der Waals surface area contributed by atoms with Gasteiger partial charge in [0.25, 0.3) is 5.69 Å². The molecule has 112 valence electrons. The standard InChI is InChI=1S/C14H17N3O4/c1-14(2)6-11(18)16(12(19)7-14)8-9-4-3-5-10(13(9)15)17(20)21/h3-5H,6-8,15H2,1-2H3. The van der Waals surface area contributed by atoms with Crippen LogP contribution in [0, 0.1) is 15.5 Å². The lowest BCUT2D eigenvalue weighted by Gasteiger charge is -2.34. The lowest BCUT2D eigenvalue weighted by Crippen LogP contribution is -2.45. The van der Waals surface area contributed by atoms with E-state index >= 15 is 0 Å². The van der Waals surface area contributed by atoms with Crippen LogP contribution >= 0.6 is 0 Å². The van der Waals surface area contributed by atoms with Crippen LogP contribution in [0.25, 0.3) is 0 Å². The fourth-order valence-electron chi connectivity index (χ4n) is 2.45. The number of para-hydroxylation sites is 1. The van der Waals surface area contributed by atoms with Crippen molar-refractivity contribution in [3.05, 3.63) is 33.9 Å². The van der Waals surface area contributed by atoms with Crippen molar-refractivity contribution in [1.82, 2.24) is 4.90 Å². The summed E-state index contributed by atoms with van der Waals surface area (Å²) in [6.07, 6.45) is 0.543. The minimum absolute atomic E-state index is 0.00654. The molecule has 0 saturated carbocycles. The summed E-state index contributed by atoms with van der Waals surface area (Å²) in [5.74, 6) is -0.552. The number of carbonyl (C=O) groups is 2. The molecule has 0 aliphatic carbocycles. The second-order valence-electron chi connectivity index (χ2n) is 6.00. The van der Waals surface area contributed by atoms with Crippen LogP contribution in [0.15, 0.2) is 18.2 Å². The van der Waals surface area contributed by atoms with Gasteiger partial charge in [-0.2, -0.15) is 0 Å². The highest BCUT2D eigenvalue weighted by Crippen LogP contribution is 2.33. The van der Waals surface area contributed by atoms with Crippen molar-refractivity contribution in [2.75, 3.05) is 5.73 Å². The molecule has 1 aromatic carbocycles. The zero-order valence-corrected chi connectivity index (χ0v) is 12.0. The van der Waals surface area contributed by atoms with E-state index in [9.17, 15) is 19.7 Å². The molecule has 0 aromatic heterocycles. The number of piperidine rings is 1. The van der Waals surface area contributed by atoms with E-state index in [0.717, 1.165) is 4.90 Å². The Hall–Kier alpha value is -2.44. The van der Waals surface area contributed by atoms with Crippen molar-refractivity contribution in [3.63, 3.8) is 0 Å². The summed E-state index contributed by atoms with van der Waals surface area (Å²) >= 11 is 0. The molecule has 2 N–H and O–H groups in total. The molecule has 7 nitrogen and oxygen atoms in total. The van der Waals surface area contributed by atoms with E-state index in [2.05, 4.69) is 0 Å². The number of imide groups is 1. The third-order valence-electron chi connectivity index (χ3n) is 3.56. The Labute approximate surface area is 121 Å². The number of nitro benzene ring substituents is 1. The van der Waals surface area contributed by atoms with Crippen molar-refractivity contribution >= 4 is 23.2 Å². The summed E-state index contributed by atoms with van der Waals surface area (Å²) < 4.78 is 0. The van der Waals surface area contributed by atoms with Gasteiger partial charge < -0.3 is 5.73 Å². The molecule has 0 spiro atoms. The Morgan fingerprint density at radius 2 is 1.86 bits per heavy atom. The molecule has 1 saturated heterocycles. The molecule has 7 heteroatoms. The Balaban J connectivity index is 2.27. The fraction of sp³-hybridized carbons (Fsp3) is 0.429. The van der Waals surface area contributed by atoms with Gasteiger partial charge in [-0.25, -0.2) is 0 Å². The number of hydrogen-bond acceptors (Lipinski definition) is 5. The second kappa shape index (κ2) is 5.16. The maximum absolute atomic E-state index is 12.1. The van der Waals surface area contributed by atoms with Gasteiger partial charge >= 0.3 is 0 Å². The van der Waals surface area contributed by atoms with E-state index in [1.165, 1.54) is 12.1 Å². The van der Waals surface area contributed by atoms with Crippen LogP contribution in [-0.2, 0) is 16.1 Å². The maximum atomic E-state index is 12.1. The highest BCUT2D eigenvalue weighted by Gasteiger charge is 2.37. The highest BCUT2D eigenvalue weighted by atomic mass is 16.6. The van der Waals surface area contributed by atoms with Crippen molar-refractivity contribution < 1.29 is 14.5 Å². The molecule has 1 aromatic rings. The van der Waals surface area contributed by atoms with Crippen molar-refractivity contribution in [2.24, 2.45) is 5.41 Å². The van der Waals surface area contributed by atoms with Gasteiger partial charge in [0.05, 0.1) is 11.5 Å². The zero-order chi connectivity index (χ0) is 15.8. The number of hydrogen-bond donors (Lipinski definition) is 1. The average molecular weight is 291 g/mol. The number of nitrogens with zero attached hydrogens (tertiary/aromatic N) is 2. The first-order chi connectivity index (χ1) is 9.71. The number of benzene rings is 1. The molecular formula is C14H17N3O4. The smallest absolute Gasteiger partial charge is 0.292 e. The van der Waals surface area contributed by atoms with Crippen LogP contribution in [0.2, 0.25) is 0 Å². The molecular weight excluding hydrogens is 274 g/mol. The summed E-state index contributed by atoms with van der Waals surface area (Å²) in [5.41, 5.74) is 5.59. The van der Waals surface area contributed by atoms with Gasteiger partial charge in [0.2, 0.25) is 11.8 Å². The molecule has 0 atom stereocenters. The van der Waals surface area contributed by atoms with Crippen molar-refractivity contribution in [3.8, 4) is 0 Å². The van der Waals surface area contributed by atoms with Gasteiger partial charge in [0.1, 0.15) is 5.69 Å². The lowest BCUT2D eigenvalue weighted by atomic mass is 9.81. The van der Waals surface area contributed by atoms with Crippen LogP contribution in [0.5, 0.6) is 0 Å². The molecule has 0 unspecified atom stereocenters. The van der Waals surface area contributed by atoms with Gasteiger partial charge in [0.15, 0.2) is 0 Å². The predicted molar refractivity (Wildman–Crippen MR) is 76.1 cm³/mol. The summed E-state index contributed by atoms with van der Waals surface area (Å²) in [5, 5.41) is 10.9. The number of rotatable bonds is 3. The van der Waals surface area contributed by atoms with Crippen LogP contribution in [0.3, 0.4) is 0 Å². The predicted octanol–water partition coefficient (Wildman–Crippen LogP) is 1.85. The van der Waals surface area contributed by atoms with Crippen molar-refractivity contribution in [1.29, 1.82) is 0 Å². The van der Waals surface area contributed by atoms with E-state index < -0.39 is 4.92 Å². The third-order valence-corrected chi connectivity index (χ3v) is 3.56. The summed E-state index contributed by atoms with van der Waals surface area (Å²) in [4.78, 5) is 35.6. The van der Waals surface area contributed by atoms with Crippen LogP contribution in [-0.4, -0.2) is 21.6 Å². The lowest BCUT2D eigenvalue weighted by molar-refractivity contribution is -0.384. The number of anilines is 1. The fourth-order valence-corrected chi connectivity index (χ4v) is 2.45. The van der Waals surface area contributed by atoms with Gasteiger partial charge in [-0.15, -0.1) is 0 Å². The topological polar surface area (TPSA) is 107 Å². The molecule has 21 heavy (non-hydrogen) atoms. The Bertz CT molecular complexity index is 605. The minimum Gasteiger partial charge on any atom is -0.393 e. The molecule has 0 radical (unpaired) electrons.